The van der Waals surface area contributed by atoms with Crippen LogP contribution in [0.15, 0.2) is 57.8 Å². The molecule has 5 heteroatoms. The molecule has 22 heavy (non-hydrogen) atoms. The van der Waals surface area contributed by atoms with E-state index in [9.17, 15) is 4.79 Å². The summed E-state index contributed by atoms with van der Waals surface area (Å²) in [6.07, 6.45) is 4.10. The van der Waals surface area contributed by atoms with Crippen molar-refractivity contribution in [3.05, 3.63) is 59.7 Å². The van der Waals surface area contributed by atoms with Crippen LogP contribution in [0.2, 0.25) is 0 Å². The van der Waals surface area contributed by atoms with Crippen LogP contribution in [-0.2, 0) is 9.53 Å². The van der Waals surface area contributed by atoms with Crippen molar-refractivity contribution in [1.82, 2.24) is 0 Å². The first-order valence-electron chi connectivity index (χ1n) is 7.05. The van der Waals surface area contributed by atoms with Gasteiger partial charge in [-0.3, -0.25) is 0 Å². The number of rotatable bonds is 5. The van der Waals surface area contributed by atoms with Gasteiger partial charge in [0.2, 0.25) is 0 Å². The maximum Gasteiger partial charge on any atom is 0.363 e. The van der Waals surface area contributed by atoms with Gasteiger partial charge in [-0.15, -0.1) is 0 Å². The van der Waals surface area contributed by atoms with E-state index in [-0.39, 0.29) is 11.6 Å². The number of hydrogen-bond donors (Lipinski definition) is 0. The second-order valence-corrected chi connectivity index (χ2v) is 4.73. The Hall–Kier alpha value is -2.82. The minimum absolute atomic E-state index is 0.180. The Morgan fingerprint density at radius 3 is 2.95 bits per heavy atom. The van der Waals surface area contributed by atoms with Gasteiger partial charge in [0, 0.05) is 0 Å². The Kier molecular flexibility index (Phi) is 4.05. The molecule has 0 fully saturated rings. The molecule has 1 aliphatic heterocycles. The lowest BCUT2D eigenvalue weighted by molar-refractivity contribution is -0.130. The Morgan fingerprint density at radius 2 is 2.18 bits per heavy atom. The zero-order valence-electron chi connectivity index (χ0n) is 12.1. The Morgan fingerprint density at radius 1 is 1.27 bits per heavy atom. The van der Waals surface area contributed by atoms with Crippen LogP contribution in [0.25, 0.3) is 6.08 Å². The molecule has 5 nitrogen and oxygen atoms in total. The van der Waals surface area contributed by atoms with Crippen LogP contribution in [0.3, 0.4) is 0 Å². The monoisotopic (exact) mass is 297 g/mol. The molecular weight excluding hydrogens is 282 g/mol. The predicted molar refractivity (Wildman–Crippen MR) is 81.5 cm³/mol. The summed E-state index contributed by atoms with van der Waals surface area (Å²) >= 11 is 0. The number of esters is 1. The van der Waals surface area contributed by atoms with Crippen molar-refractivity contribution in [2.75, 3.05) is 6.61 Å². The lowest BCUT2D eigenvalue weighted by atomic mass is 10.2. The van der Waals surface area contributed by atoms with E-state index in [1.807, 2.05) is 31.2 Å². The average Bonchev–Trinajstić information content (AvgIpc) is 3.16. The highest BCUT2D eigenvalue weighted by Crippen LogP contribution is 2.21. The molecular formula is C17H15NO4. The molecule has 1 aromatic carbocycles. The van der Waals surface area contributed by atoms with E-state index >= 15 is 0 Å². The first-order valence-corrected chi connectivity index (χ1v) is 7.05. The van der Waals surface area contributed by atoms with Crippen LogP contribution < -0.4 is 4.74 Å². The zero-order valence-corrected chi connectivity index (χ0v) is 12.1. The number of aliphatic imine (C=N–C) groups is 1. The molecule has 0 radical (unpaired) electrons. The third-order valence-corrected chi connectivity index (χ3v) is 2.99. The van der Waals surface area contributed by atoms with Gasteiger partial charge in [0.05, 0.1) is 12.9 Å². The summed E-state index contributed by atoms with van der Waals surface area (Å²) < 4.78 is 15.8. The van der Waals surface area contributed by atoms with Gasteiger partial charge in [0.15, 0.2) is 11.5 Å². The van der Waals surface area contributed by atoms with Crippen molar-refractivity contribution in [3.8, 4) is 5.75 Å². The van der Waals surface area contributed by atoms with E-state index in [2.05, 4.69) is 4.99 Å². The molecule has 0 saturated carbocycles. The number of benzene rings is 1. The molecule has 0 N–H and O–H groups in total. The van der Waals surface area contributed by atoms with E-state index in [4.69, 9.17) is 13.9 Å². The largest absolute Gasteiger partial charge is 0.494 e. The van der Waals surface area contributed by atoms with Gasteiger partial charge < -0.3 is 13.9 Å². The standard InChI is InChI=1S/C17H15NO4/c1-2-8-20-13-6-3-5-12(10-13)11-14-17(19)22-16(18-14)15-7-4-9-21-15/h3-7,9-11H,2,8H2,1H3/b14-11-. The number of nitrogens with zero attached hydrogens (tertiary/aromatic N) is 1. The summed E-state index contributed by atoms with van der Waals surface area (Å²) in [5, 5.41) is 0. The van der Waals surface area contributed by atoms with E-state index in [1.54, 1.807) is 18.2 Å². The molecule has 0 aliphatic carbocycles. The lowest BCUT2D eigenvalue weighted by Crippen LogP contribution is -2.04. The highest BCUT2D eigenvalue weighted by atomic mass is 16.6. The van der Waals surface area contributed by atoms with Crippen molar-refractivity contribution >= 4 is 17.9 Å². The third-order valence-electron chi connectivity index (χ3n) is 2.99. The molecule has 2 aromatic rings. The van der Waals surface area contributed by atoms with Gasteiger partial charge in [0.1, 0.15) is 5.75 Å². The first kappa shape index (κ1) is 14.1. The highest BCUT2D eigenvalue weighted by molar-refractivity contribution is 6.11. The van der Waals surface area contributed by atoms with Crippen LogP contribution in [-0.4, -0.2) is 18.5 Å². The summed E-state index contributed by atoms with van der Waals surface area (Å²) in [7, 11) is 0. The Balaban J connectivity index is 1.84. The Labute approximate surface area is 127 Å². The zero-order chi connectivity index (χ0) is 15.4. The van der Waals surface area contributed by atoms with E-state index in [0.717, 1.165) is 17.7 Å². The maximum atomic E-state index is 11.9. The predicted octanol–water partition coefficient (Wildman–Crippen LogP) is 3.41. The molecule has 3 rings (SSSR count). The molecule has 2 heterocycles. The highest BCUT2D eigenvalue weighted by Gasteiger charge is 2.25. The van der Waals surface area contributed by atoms with Crippen molar-refractivity contribution in [3.63, 3.8) is 0 Å². The number of hydrogen-bond acceptors (Lipinski definition) is 5. The van der Waals surface area contributed by atoms with Gasteiger partial charge >= 0.3 is 5.97 Å². The molecule has 0 atom stereocenters. The minimum atomic E-state index is -0.494. The molecule has 1 aromatic heterocycles. The smallest absolute Gasteiger partial charge is 0.363 e. The fourth-order valence-corrected chi connectivity index (χ4v) is 1.99. The molecule has 0 spiro atoms. The SMILES string of the molecule is CCCOc1cccc(/C=C2\N=C(c3ccco3)OC2=O)c1. The number of furan rings is 1. The maximum absolute atomic E-state index is 11.9. The normalized spacial score (nSPS) is 15.8. The summed E-state index contributed by atoms with van der Waals surface area (Å²) in [6.45, 7) is 2.70. The van der Waals surface area contributed by atoms with Crippen LogP contribution in [0, 0.1) is 0 Å². The van der Waals surface area contributed by atoms with Gasteiger partial charge in [0.25, 0.3) is 5.90 Å². The summed E-state index contributed by atoms with van der Waals surface area (Å²) in [6, 6.07) is 10.9. The number of cyclic esters (lactones) is 1. The quantitative estimate of drug-likeness (QED) is 0.626. The van der Waals surface area contributed by atoms with Crippen molar-refractivity contribution in [2.45, 2.75) is 13.3 Å². The van der Waals surface area contributed by atoms with E-state index in [0.29, 0.717) is 12.4 Å². The molecule has 0 saturated heterocycles. The van der Waals surface area contributed by atoms with E-state index < -0.39 is 5.97 Å². The van der Waals surface area contributed by atoms with Crippen LogP contribution in [0.5, 0.6) is 5.75 Å². The summed E-state index contributed by atoms with van der Waals surface area (Å²) in [5.74, 6) is 0.875. The summed E-state index contributed by atoms with van der Waals surface area (Å²) in [4.78, 5) is 16.0. The molecule has 0 amide bonds. The van der Waals surface area contributed by atoms with Crippen molar-refractivity contribution < 1.29 is 18.7 Å². The topological polar surface area (TPSA) is 61.0 Å². The average molecular weight is 297 g/mol. The molecule has 0 bridgehead atoms. The van der Waals surface area contributed by atoms with Crippen molar-refractivity contribution in [2.24, 2.45) is 4.99 Å². The van der Waals surface area contributed by atoms with Gasteiger partial charge in [-0.05, 0) is 42.3 Å². The molecule has 0 unspecified atom stereocenters. The van der Waals surface area contributed by atoms with Crippen LogP contribution in [0.4, 0.5) is 0 Å². The molecule has 112 valence electrons. The van der Waals surface area contributed by atoms with Crippen LogP contribution in [0.1, 0.15) is 24.7 Å². The third kappa shape index (κ3) is 3.09. The van der Waals surface area contributed by atoms with E-state index in [1.165, 1.54) is 6.26 Å². The fraction of sp³-hybridized carbons (Fsp3) is 0.176. The van der Waals surface area contributed by atoms with Gasteiger partial charge in [-0.1, -0.05) is 19.1 Å². The number of carbonyl (C=O) groups excluding carboxylic acids is 1. The second-order valence-electron chi connectivity index (χ2n) is 4.73. The number of carbonyl (C=O) groups is 1. The number of ether oxygens (including phenoxy) is 2. The fourth-order valence-electron chi connectivity index (χ4n) is 1.99. The minimum Gasteiger partial charge on any atom is -0.494 e. The molecule has 1 aliphatic rings. The Bertz CT molecular complexity index is 729. The van der Waals surface area contributed by atoms with Crippen molar-refractivity contribution in [1.29, 1.82) is 0 Å². The second kappa shape index (κ2) is 6.30. The first-order chi connectivity index (χ1) is 10.8. The van der Waals surface area contributed by atoms with Gasteiger partial charge in [-0.25, -0.2) is 9.79 Å². The van der Waals surface area contributed by atoms with Crippen LogP contribution >= 0.6 is 0 Å². The summed E-state index contributed by atoms with van der Waals surface area (Å²) in [5.41, 5.74) is 1.06. The lowest BCUT2D eigenvalue weighted by Gasteiger charge is -2.04. The van der Waals surface area contributed by atoms with Gasteiger partial charge in [-0.2, -0.15) is 0 Å².